The highest BCUT2D eigenvalue weighted by molar-refractivity contribution is 7.98. The van der Waals surface area contributed by atoms with Gasteiger partial charge in [-0.3, -0.25) is 9.69 Å². The van der Waals surface area contributed by atoms with Gasteiger partial charge in [0.2, 0.25) is 5.91 Å². The Morgan fingerprint density at radius 1 is 1.11 bits per heavy atom. The molecule has 28 heavy (non-hydrogen) atoms. The molecule has 3 nitrogen and oxygen atoms in total. The summed E-state index contributed by atoms with van der Waals surface area (Å²) in [6.07, 6.45) is 2.02. The zero-order valence-corrected chi connectivity index (χ0v) is 18.2. The number of piperidine rings is 1. The summed E-state index contributed by atoms with van der Waals surface area (Å²) >= 11 is 13.9. The van der Waals surface area contributed by atoms with Gasteiger partial charge in [0.15, 0.2) is 0 Å². The molecule has 1 N–H and O–H groups in total. The zero-order chi connectivity index (χ0) is 19.8. The number of hydrogen-bond acceptors (Lipinski definition) is 3. The number of likely N-dealkylation sites (tertiary alicyclic amines) is 1. The monoisotopic (exact) mass is 436 g/mol. The molecule has 1 heterocycles. The van der Waals surface area contributed by atoms with Gasteiger partial charge in [-0.15, -0.1) is 0 Å². The number of benzene rings is 2. The van der Waals surface area contributed by atoms with Crippen LogP contribution in [0.3, 0.4) is 0 Å². The van der Waals surface area contributed by atoms with Gasteiger partial charge in [0, 0.05) is 41.2 Å². The van der Waals surface area contributed by atoms with E-state index < -0.39 is 0 Å². The molecule has 2 aromatic carbocycles. The topological polar surface area (TPSA) is 32.3 Å². The molecule has 1 aliphatic rings. The second kappa shape index (κ2) is 11.1. The standard InChI is InChI=1S/C22H26Cl2N2OS/c23-20-7-1-4-17(12-20)14-26-10-3-6-19(15-26)22(27)25-9-11-28-16-18-5-2-8-21(24)13-18/h1-2,4-5,7-8,12-13,19H,3,6,9-11,14-16H2,(H,25,27). The minimum Gasteiger partial charge on any atom is -0.355 e. The second-order valence-electron chi connectivity index (χ2n) is 7.18. The van der Waals surface area contributed by atoms with Gasteiger partial charge in [-0.2, -0.15) is 11.8 Å². The number of nitrogens with zero attached hydrogens (tertiary/aromatic N) is 1. The fourth-order valence-electron chi connectivity index (χ4n) is 3.51. The Balaban J connectivity index is 1.36. The third-order valence-electron chi connectivity index (χ3n) is 4.87. The molecule has 1 atom stereocenters. The minimum absolute atomic E-state index is 0.0749. The number of carbonyl (C=O) groups excluding carboxylic acids is 1. The normalized spacial score (nSPS) is 17.4. The molecule has 3 rings (SSSR count). The smallest absolute Gasteiger partial charge is 0.224 e. The van der Waals surface area contributed by atoms with E-state index in [2.05, 4.69) is 22.3 Å². The van der Waals surface area contributed by atoms with Gasteiger partial charge in [0.25, 0.3) is 0 Å². The molecule has 150 valence electrons. The molecule has 6 heteroatoms. The number of carbonyl (C=O) groups is 1. The van der Waals surface area contributed by atoms with E-state index in [0.717, 1.165) is 54.0 Å². The van der Waals surface area contributed by atoms with E-state index in [-0.39, 0.29) is 11.8 Å². The van der Waals surface area contributed by atoms with Crippen LogP contribution in [0, 0.1) is 5.92 Å². The summed E-state index contributed by atoms with van der Waals surface area (Å²) < 4.78 is 0. The van der Waals surface area contributed by atoms with Gasteiger partial charge in [0.1, 0.15) is 0 Å². The van der Waals surface area contributed by atoms with Crippen LogP contribution in [0.2, 0.25) is 10.0 Å². The number of halogens is 2. The molecule has 2 aromatic rings. The fourth-order valence-corrected chi connectivity index (χ4v) is 4.75. The zero-order valence-electron chi connectivity index (χ0n) is 15.9. The van der Waals surface area contributed by atoms with E-state index in [1.165, 1.54) is 11.1 Å². The Labute approximate surface area is 181 Å². The molecule has 1 amide bonds. The van der Waals surface area contributed by atoms with Crippen molar-refractivity contribution in [3.05, 3.63) is 69.7 Å². The van der Waals surface area contributed by atoms with Gasteiger partial charge in [-0.25, -0.2) is 0 Å². The van der Waals surface area contributed by atoms with Crippen LogP contribution in [-0.2, 0) is 17.1 Å². The molecular weight excluding hydrogens is 411 g/mol. The van der Waals surface area contributed by atoms with Crippen LogP contribution in [0.5, 0.6) is 0 Å². The maximum Gasteiger partial charge on any atom is 0.224 e. The van der Waals surface area contributed by atoms with E-state index in [0.29, 0.717) is 6.54 Å². The van der Waals surface area contributed by atoms with Crippen molar-refractivity contribution in [2.75, 3.05) is 25.4 Å². The molecule has 1 unspecified atom stereocenters. The lowest BCUT2D eigenvalue weighted by Crippen LogP contribution is -2.43. The highest BCUT2D eigenvalue weighted by atomic mass is 35.5. The quantitative estimate of drug-likeness (QED) is 0.573. The van der Waals surface area contributed by atoms with Gasteiger partial charge in [-0.1, -0.05) is 47.5 Å². The fraction of sp³-hybridized carbons (Fsp3) is 0.409. The predicted molar refractivity (Wildman–Crippen MR) is 120 cm³/mol. The molecule has 1 fully saturated rings. The Morgan fingerprint density at radius 2 is 1.82 bits per heavy atom. The van der Waals surface area contributed by atoms with Crippen molar-refractivity contribution in [1.82, 2.24) is 10.2 Å². The van der Waals surface area contributed by atoms with Crippen LogP contribution in [0.1, 0.15) is 24.0 Å². The van der Waals surface area contributed by atoms with E-state index in [1.54, 1.807) is 0 Å². The molecule has 0 saturated carbocycles. The average Bonchev–Trinajstić information content (AvgIpc) is 2.68. The summed E-state index contributed by atoms with van der Waals surface area (Å²) in [6.45, 7) is 3.40. The summed E-state index contributed by atoms with van der Waals surface area (Å²) in [5.74, 6) is 2.06. The van der Waals surface area contributed by atoms with E-state index in [9.17, 15) is 4.79 Å². The lowest BCUT2D eigenvalue weighted by Gasteiger charge is -2.32. The number of hydrogen-bond donors (Lipinski definition) is 1. The van der Waals surface area contributed by atoms with Crippen LogP contribution < -0.4 is 5.32 Å². The SMILES string of the molecule is O=C(NCCSCc1cccc(Cl)c1)C1CCCN(Cc2cccc(Cl)c2)C1. The molecule has 0 aliphatic carbocycles. The number of rotatable bonds is 8. The van der Waals surface area contributed by atoms with Crippen molar-refractivity contribution in [3.63, 3.8) is 0 Å². The number of nitrogens with one attached hydrogen (secondary N) is 1. The first-order valence-electron chi connectivity index (χ1n) is 9.67. The highest BCUT2D eigenvalue weighted by Gasteiger charge is 2.25. The molecule has 0 bridgehead atoms. The molecule has 0 aromatic heterocycles. The Bertz CT molecular complexity index is 787. The summed E-state index contributed by atoms with van der Waals surface area (Å²) in [6, 6.07) is 15.9. The van der Waals surface area contributed by atoms with Crippen LogP contribution >= 0.6 is 35.0 Å². The lowest BCUT2D eigenvalue weighted by atomic mass is 9.96. The summed E-state index contributed by atoms with van der Waals surface area (Å²) in [7, 11) is 0. The van der Waals surface area contributed by atoms with Crippen molar-refractivity contribution in [1.29, 1.82) is 0 Å². The summed E-state index contributed by atoms with van der Waals surface area (Å²) in [5.41, 5.74) is 2.42. The Hall–Kier alpha value is -1.20. The van der Waals surface area contributed by atoms with Gasteiger partial charge in [-0.05, 0) is 54.8 Å². The van der Waals surface area contributed by atoms with Crippen LogP contribution in [0.25, 0.3) is 0 Å². The number of thioether (sulfide) groups is 1. The second-order valence-corrected chi connectivity index (χ2v) is 9.16. The maximum absolute atomic E-state index is 12.5. The Kier molecular flexibility index (Phi) is 8.53. The minimum atomic E-state index is 0.0749. The first-order chi connectivity index (χ1) is 13.6. The Morgan fingerprint density at radius 3 is 2.57 bits per heavy atom. The maximum atomic E-state index is 12.5. The number of amides is 1. The van der Waals surface area contributed by atoms with Crippen molar-refractivity contribution in [2.24, 2.45) is 5.92 Å². The predicted octanol–water partition coefficient (Wildman–Crippen LogP) is 5.26. The van der Waals surface area contributed by atoms with Crippen LogP contribution in [0.15, 0.2) is 48.5 Å². The van der Waals surface area contributed by atoms with E-state index >= 15 is 0 Å². The van der Waals surface area contributed by atoms with Gasteiger partial charge < -0.3 is 5.32 Å². The molecule has 1 saturated heterocycles. The first kappa shape index (κ1) is 21.5. The molecule has 0 spiro atoms. The van der Waals surface area contributed by atoms with E-state index in [4.69, 9.17) is 23.2 Å². The summed E-state index contributed by atoms with van der Waals surface area (Å²) in [5, 5.41) is 4.64. The lowest BCUT2D eigenvalue weighted by molar-refractivity contribution is -0.126. The van der Waals surface area contributed by atoms with Crippen LogP contribution in [-0.4, -0.2) is 36.2 Å². The highest BCUT2D eigenvalue weighted by Crippen LogP contribution is 2.20. The first-order valence-corrected chi connectivity index (χ1v) is 11.6. The van der Waals surface area contributed by atoms with Gasteiger partial charge >= 0.3 is 0 Å². The third-order valence-corrected chi connectivity index (χ3v) is 6.38. The summed E-state index contributed by atoms with van der Waals surface area (Å²) in [4.78, 5) is 14.9. The largest absolute Gasteiger partial charge is 0.355 e. The van der Waals surface area contributed by atoms with Crippen LogP contribution in [0.4, 0.5) is 0 Å². The molecule has 1 aliphatic heterocycles. The van der Waals surface area contributed by atoms with Crippen molar-refractivity contribution < 1.29 is 4.79 Å². The molecular formula is C22H26Cl2N2OS. The van der Waals surface area contributed by atoms with Crippen molar-refractivity contribution in [2.45, 2.75) is 25.1 Å². The third kappa shape index (κ3) is 7.00. The van der Waals surface area contributed by atoms with Crippen molar-refractivity contribution in [3.8, 4) is 0 Å². The van der Waals surface area contributed by atoms with Crippen molar-refractivity contribution >= 4 is 40.9 Å². The van der Waals surface area contributed by atoms with E-state index in [1.807, 2.05) is 48.2 Å². The molecule has 0 radical (unpaired) electrons. The van der Waals surface area contributed by atoms with Gasteiger partial charge in [0.05, 0.1) is 5.92 Å². The average molecular weight is 437 g/mol.